The van der Waals surface area contributed by atoms with Gasteiger partial charge in [0.2, 0.25) is 0 Å². The van der Waals surface area contributed by atoms with Gasteiger partial charge in [0, 0.05) is 12.5 Å². The van der Waals surface area contributed by atoms with Gasteiger partial charge in [0.1, 0.15) is 5.75 Å². The van der Waals surface area contributed by atoms with Gasteiger partial charge in [0.15, 0.2) is 6.61 Å². The number of carbonyl (C=O) groups is 2. The molecule has 0 aliphatic heterocycles. The zero-order chi connectivity index (χ0) is 15.9. The van der Waals surface area contributed by atoms with Gasteiger partial charge in [-0.3, -0.25) is 9.59 Å². The van der Waals surface area contributed by atoms with Gasteiger partial charge in [-0.2, -0.15) is 0 Å². The van der Waals surface area contributed by atoms with Crippen molar-refractivity contribution in [2.45, 2.75) is 31.8 Å². The second-order valence-electron chi connectivity index (χ2n) is 5.57. The molecule has 0 aromatic heterocycles. The van der Waals surface area contributed by atoms with Gasteiger partial charge >= 0.3 is 0 Å². The van der Waals surface area contributed by atoms with Crippen molar-refractivity contribution in [1.29, 1.82) is 0 Å². The Morgan fingerprint density at radius 3 is 2.73 bits per heavy atom. The summed E-state index contributed by atoms with van der Waals surface area (Å²) >= 11 is 0. The molecule has 1 aliphatic rings. The van der Waals surface area contributed by atoms with E-state index in [9.17, 15) is 14.7 Å². The Morgan fingerprint density at radius 1 is 1.27 bits per heavy atom. The molecule has 1 aromatic carbocycles. The molecule has 6 nitrogen and oxygen atoms in total. The van der Waals surface area contributed by atoms with Crippen molar-refractivity contribution in [2.24, 2.45) is 11.7 Å². The maximum absolute atomic E-state index is 12.3. The number of hydrogen-bond donors (Lipinski definition) is 3. The van der Waals surface area contributed by atoms with Crippen LogP contribution in [0.3, 0.4) is 0 Å². The van der Waals surface area contributed by atoms with E-state index in [1.165, 1.54) is 0 Å². The van der Waals surface area contributed by atoms with Crippen LogP contribution in [0.25, 0.3) is 0 Å². The van der Waals surface area contributed by atoms with Crippen molar-refractivity contribution in [3.63, 3.8) is 0 Å². The van der Waals surface area contributed by atoms with Crippen LogP contribution >= 0.6 is 0 Å². The number of aliphatic hydroxyl groups excluding tert-OH is 1. The number of amides is 2. The molecular formula is C16H22N2O4. The number of hydrogen-bond acceptors (Lipinski definition) is 4. The highest BCUT2D eigenvalue weighted by Gasteiger charge is 2.24. The number of benzene rings is 1. The Hall–Kier alpha value is -2.08. The Labute approximate surface area is 129 Å². The number of nitrogens with two attached hydrogens (primary N) is 1. The summed E-state index contributed by atoms with van der Waals surface area (Å²) in [7, 11) is 0. The summed E-state index contributed by atoms with van der Waals surface area (Å²) in [6, 6.07) is 6.69. The normalized spacial score (nSPS) is 21.1. The third-order valence-electron chi connectivity index (χ3n) is 3.90. The summed E-state index contributed by atoms with van der Waals surface area (Å²) in [6.45, 7) is 0.162. The minimum atomic E-state index is -0.597. The maximum atomic E-state index is 12.3. The largest absolute Gasteiger partial charge is 0.483 e. The summed E-state index contributed by atoms with van der Waals surface area (Å²) in [5, 5.41) is 12.8. The van der Waals surface area contributed by atoms with Gasteiger partial charge in [-0.05, 0) is 25.0 Å². The predicted molar refractivity (Wildman–Crippen MR) is 81.4 cm³/mol. The highest BCUT2D eigenvalue weighted by atomic mass is 16.5. The lowest BCUT2D eigenvalue weighted by atomic mass is 9.86. The molecule has 6 heteroatoms. The first-order valence-corrected chi connectivity index (χ1v) is 7.54. The van der Waals surface area contributed by atoms with E-state index in [0.717, 1.165) is 25.7 Å². The lowest BCUT2D eigenvalue weighted by Gasteiger charge is -2.27. The second-order valence-corrected chi connectivity index (χ2v) is 5.57. The summed E-state index contributed by atoms with van der Waals surface area (Å²) in [6.07, 6.45) is 3.47. The van der Waals surface area contributed by atoms with E-state index >= 15 is 0 Å². The van der Waals surface area contributed by atoms with Crippen LogP contribution in [-0.2, 0) is 4.79 Å². The molecule has 2 atom stereocenters. The Morgan fingerprint density at radius 2 is 2.00 bits per heavy atom. The van der Waals surface area contributed by atoms with Crippen molar-refractivity contribution < 1.29 is 19.4 Å². The average Bonchev–Trinajstić information content (AvgIpc) is 2.52. The SMILES string of the molecule is NC(=O)COc1ccccc1C(=O)NCC1CCCCC1O. The maximum Gasteiger partial charge on any atom is 0.255 e. The van der Waals surface area contributed by atoms with Gasteiger partial charge in [-0.1, -0.05) is 25.0 Å². The Kier molecular flexibility index (Phi) is 5.77. The molecule has 2 unspecified atom stereocenters. The second kappa shape index (κ2) is 7.79. The molecule has 1 fully saturated rings. The van der Waals surface area contributed by atoms with Crippen LogP contribution in [0, 0.1) is 5.92 Å². The minimum absolute atomic E-state index is 0.0939. The number of rotatable bonds is 6. The average molecular weight is 306 g/mol. The van der Waals surface area contributed by atoms with E-state index in [4.69, 9.17) is 10.5 Å². The van der Waals surface area contributed by atoms with Gasteiger partial charge in [-0.15, -0.1) is 0 Å². The number of primary amides is 1. The number of para-hydroxylation sites is 1. The van der Waals surface area contributed by atoms with Crippen LogP contribution in [0.4, 0.5) is 0 Å². The lowest BCUT2D eigenvalue weighted by Crippen LogP contribution is -2.36. The first-order valence-electron chi connectivity index (χ1n) is 7.54. The van der Waals surface area contributed by atoms with Crippen molar-refractivity contribution in [1.82, 2.24) is 5.32 Å². The van der Waals surface area contributed by atoms with Crippen LogP contribution in [-0.4, -0.2) is 36.2 Å². The summed E-state index contributed by atoms with van der Waals surface area (Å²) < 4.78 is 5.25. The number of nitrogens with one attached hydrogen (secondary N) is 1. The molecule has 0 bridgehead atoms. The summed E-state index contributed by atoms with van der Waals surface area (Å²) in [5.74, 6) is -0.460. The summed E-state index contributed by atoms with van der Waals surface area (Å²) in [4.78, 5) is 23.1. The highest BCUT2D eigenvalue weighted by Crippen LogP contribution is 2.24. The fourth-order valence-electron chi connectivity index (χ4n) is 2.67. The highest BCUT2D eigenvalue weighted by molar-refractivity contribution is 5.97. The van der Waals surface area contributed by atoms with Crippen molar-refractivity contribution in [2.75, 3.05) is 13.2 Å². The quantitative estimate of drug-likeness (QED) is 0.724. The number of carbonyl (C=O) groups excluding carboxylic acids is 2. The van der Waals surface area contributed by atoms with E-state index in [2.05, 4.69) is 5.32 Å². The molecule has 1 aromatic rings. The molecule has 0 heterocycles. The Bertz CT molecular complexity index is 533. The van der Waals surface area contributed by atoms with Crippen LogP contribution < -0.4 is 15.8 Å². The van der Waals surface area contributed by atoms with Gasteiger partial charge < -0.3 is 20.9 Å². The first kappa shape index (κ1) is 16.3. The van der Waals surface area contributed by atoms with Gasteiger partial charge in [0.05, 0.1) is 11.7 Å². The van der Waals surface area contributed by atoms with Crippen molar-refractivity contribution in [3.8, 4) is 5.75 Å². The molecule has 120 valence electrons. The molecule has 0 saturated heterocycles. The number of ether oxygens (including phenoxy) is 1. The van der Waals surface area contributed by atoms with Crippen LogP contribution in [0.2, 0.25) is 0 Å². The molecule has 4 N–H and O–H groups in total. The van der Waals surface area contributed by atoms with Crippen LogP contribution in [0.1, 0.15) is 36.0 Å². The molecule has 22 heavy (non-hydrogen) atoms. The zero-order valence-corrected chi connectivity index (χ0v) is 12.5. The van der Waals surface area contributed by atoms with Gasteiger partial charge in [0.25, 0.3) is 11.8 Å². The third-order valence-corrected chi connectivity index (χ3v) is 3.90. The van der Waals surface area contributed by atoms with E-state index in [1.54, 1.807) is 24.3 Å². The smallest absolute Gasteiger partial charge is 0.255 e. The van der Waals surface area contributed by atoms with E-state index in [-0.39, 0.29) is 24.5 Å². The fraction of sp³-hybridized carbons (Fsp3) is 0.500. The van der Waals surface area contributed by atoms with Crippen LogP contribution in [0.15, 0.2) is 24.3 Å². The fourth-order valence-corrected chi connectivity index (χ4v) is 2.67. The molecular weight excluding hydrogens is 284 g/mol. The Balaban J connectivity index is 1.95. The monoisotopic (exact) mass is 306 g/mol. The van der Waals surface area contributed by atoms with Crippen molar-refractivity contribution in [3.05, 3.63) is 29.8 Å². The summed E-state index contributed by atoms with van der Waals surface area (Å²) in [5.41, 5.74) is 5.40. The van der Waals surface area contributed by atoms with E-state index in [1.807, 2.05) is 0 Å². The molecule has 2 amide bonds. The molecule has 2 rings (SSSR count). The van der Waals surface area contributed by atoms with Crippen LogP contribution in [0.5, 0.6) is 5.75 Å². The van der Waals surface area contributed by atoms with E-state index < -0.39 is 5.91 Å². The number of aliphatic hydroxyl groups is 1. The zero-order valence-electron chi connectivity index (χ0n) is 12.5. The van der Waals surface area contributed by atoms with E-state index in [0.29, 0.717) is 17.9 Å². The molecule has 0 radical (unpaired) electrons. The lowest BCUT2D eigenvalue weighted by molar-refractivity contribution is -0.119. The third kappa shape index (κ3) is 4.46. The molecule has 1 saturated carbocycles. The van der Waals surface area contributed by atoms with Gasteiger partial charge in [-0.25, -0.2) is 0 Å². The standard InChI is InChI=1S/C16H22N2O4/c17-15(20)10-22-14-8-4-2-6-12(14)16(21)18-9-11-5-1-3-7-13(11)19/h2,4,6,8,11,13,19H,1,3,5,7,9-10H2,(H2,17,20)(H,18,21). The van der Waals surface area contributed by atoms with Crippen molar-refractivity contribution >= 4 is 11.8 Å². The first-order chi connectivity index (χ1) is 10.6. The predicted octanol–water partition coefficient (Wildman–Crippen LogP) is 0.832. The minimum Gasteiger partial charge on any atom is -0.483 e. The molecule has 1 aliphatic carbocycles. The molecule has 0 spiro atoms. The topological polar surface area (TPSA) is 102 Å².